The molecule has 0 aliphatic carbocycles. The largest absolute Gasteiger partial charge is 0.443 e. The van der Waals surface area contributed by atoms with Crippen molar-refractivity contribution in [2.45, 2.75) is 61.9 Å². The van der Waals surface area contributed by atoms with Gasteiger partial charge in [0.25, 0.3) is 0 Å². The summed E-state index contributed by atoms with van der Waals surface area (Å²) in [6, 6.07) is 23.5. The van der Waals surface area contributed by atoms with Crippen LogP contribution in [0.1, 0.15) is 55.0 Å². The van der Waals surface area contributed by atoms with Gasteiger partial charge in [0.1, 0.15) is 18.4 Å². The lowest BCUT2D eigenvalue weighted by molar-refractivity contribution is -0.135. The third-order valence-corrected chi connectivity index (χ3v) is 8.07. The molecule has 4 aromatic rings. The van der Waals surface area contributed by atoms with Crippen molar-refractivity contribution in [1.29, 1.82) is 0 Å². The Balaban J connectivity index is 1.37. The molecule has 3 aromatic carbocycles. The van der Waals surface area contributed by atoms with E-state index in [9.17, 15) is 13.5 Å². The minimum Gasteiger partial charge on any atom is -0.443 e. The van der Waals surface area contributed by atoms with Gasteiger partial charge in [-0.3, -0.25) is 0 Å². The number of ether oxygens (including phenoxy) is 2. The second-order valence-electron chi connectivity index (χ2n) is 10.4. The Labute approximate surface area is 240 Å². The molecule has 9 heteroatoms. The lowest BCUT2D eigenvalue weighted by atomic mass is 9.81. The van der Waals surface area contributed by atoms with E-state index in [1.807, 2.05) is 68.4 Å². The van der Waals surface area contributed by atoms with Gasteiger partial charge in [0.05, 0.1) is 28.6 Å². The minimum atomic E-state index is -3.82. The smallest absolute Gasteiger partial charge is 0.238 e. The molecule has 1 saturated heterocycles. The summed E-state index contributed by atoms with van der Waals surface area (Å²) in [5, 5.41) is 16.6. The summed E-state index contributed by atoms with van der Waals surface area (Å²) < 4.78 is 40.7. The zero-order valence-corrected chi connectivity index (χ0v) is 23.7. The molecule has 0 saturated carbocycles. The summed E-state index contributed by atoms with van der Waals surface area (Å²) in [7, 11) is -3.82. The first-order valence-corrected chi connectivity index (χ1v) is 14.9. The van der Waals surface area contributed by atoms with E-state index in [4.69, 9.17) is 19.0 Å². The van der Waals surface area contributed by atoms with Crippen LogP contribution in [0.2, 0.25) is 0 Å². The second kappa shape index (κ2) is 11.9. The SMILES string of the molecule is CC1CC(O)(c2cccc(COC#CC(c3ccccc3)c3ncoc3-c3ccc(S(N)(=O)=O)cc3)c2)CC(C)O1. The maximum absolute atomic E-state index is 11.7. The maximum atomic E-state index is 11.7. The molecule has 0 amide bonds. The Morgan fingerprint density at radius 1 is 1.05 bits per heavy atom. The molecule has 2 heterocycles. The number of oxazole rings is 1. The van der Waals surface area contributed by atoms with Crippen LogP contribution in [0.25, 0.3) is 11.3 Å². The number of rotatable bonds is 7. The topological polar surface area (TPSA) is 125 Å². The van der Waals surface area contributed by atoms with Gasteiger partial charge in [0, 0.05) is 18.4 Å². The fourth-order valence-electron chi connectivity index (χ4n) is 5.36. The molecule has 0 bridgehead atoms. The molecule has 41 heavy (non-hydrogen) atoms. The van der Waals surface area contributed by atoms with Crippen molar-refractivity contribution >= 4 is 10.0 Å². The maximum Gasteiger partial charge on any atom is 0.238 e. The quantitative estimate of drug-likeness (QED) is 0.296. The first-order valence-electron chi connectivity index (χ1n) is 13.3. The number of benzene rings is 3. The summed E-state index contributed by atoms with van der Waals surface area (Å²) in [5.41, 5.74) is 2.89. The van der Waals surface area contributed by atoms with Crippen LogP contribution in [-0.2, 0) is 31.7 Å². The predicted octanol–water partition coefficient (Wildman–Crippen LogP) is 5.07. The molecule has 1 aliphatic rings. The fraction of sp³-hybridized carbons (Fsp3) is 0.281. The van der Waals surface area contributed by atoms with Gasteiger partial charge in [0.2, 0.25) is 10.0 Å². The number of hydrogen-bond acceptors (Lipinski definition) is 7. The number of aliphatic hydroxyl groups is 1. The van der Waals surface area contributed by atoms with Crippen LogP contribution in [-0.4, -0.2) is 30.7 Å². The zero-order chi connectivity index (χ0) is 29.0. The van der Waals surface area contributed by atoms with Crippen molar-refractivity contribution < 1.29 is 27.4 Å². The summed E-state index contributed by atoms with van der Waals surface area (Å²) in [6.45, 7) is 4.19. The van der Waals surface area contributed by atoms with Gasteiger partial charge in [0.15, 0.2) is 12.2 Å². The summed E-state index contributed by atoms with van der Waals surface area (Å²) in [5.74, 6) is 3.17. The number of aromatic nitrogens is 1. The van der Waals surface area contributed by atoms with Crippen LogP contribution in [0, 0.1) is 12.0 Å². The van der Waals surface area contributed by atoms with E-state index >= 15 is 0 Å². The Kier molecular flexibility index (Phi) is 8.29. The van der Waals surface area contributed by atoms with Crippen LogP contribution in [0.4, 0.5) is 0 Å². The van der Waals surface area contributed by atoms with E-state index < -0.39 is 21.5 Å². The van der Waals surface area contributed by atoms with E-state index in [1.165, 1.54) is 18.5 Å². The molecule has 1 fully saturated rings. The van der Waals surface area contributed by atoms with Crippen molar-refractivity contribution in [3.63, 3.8) is 0 Å². The van der Waals surface area contributed by atoms with Crippen LogP contribution < -0.4 is 5.14 Å². The zero-order valence-electron chi connectivity index (χ0n) is 22.9. The monoisotopic (exact) mass is 572 g/mol. The molecule has 212 valence electrons. The van der Waals surface area contributed by atoms with Crippen LogP contribution in [0.3, 0.4) is 0 Å². The number of hydrogen-bond donors (Lipinski definition) is 2. The van der Waals surface area contributed by atoms with Gasteiger partial charge in [-0.2, -0.15) is 0 Å². The highest BCUT2D eigenvalue weighted by Crippen LogP contribution is 2.38. The Bertz CT molecular complexity index is 1650. The Morgan fingerprint density at radius 3 is 2.44 bits per heavy atom. The number of primary sulfonamides is 1. The predicted molar refractivity (Wildman–Crippen MR) is 154 cm³/mol. The molecule has 0 spiro atoms. The molecule has 3 atom stereocenters. The molecule has 3 N–H and O–H groups in total. The van der Waals surface area contributed by atoms with Crippen LogP contribution in [0.5, 0.6) is 0 Å². The van der Waals surface area contributed by atoms with Gasteiger partial charge in [-0.15, -0.1) is 0 Å². The van der Waals surface area contributed by atoms with Gasteiger partial charge >= 0.3 is 0 Å². The molecular formula is C32H32N2O6S. The number of sulfonamides is 1. The molecule has 1 aromatic heterocycles. The van der Waals surface area contributed by atoms with Gasteiger partial charge in [-0.1, -0.05) is 48.5 Å². The highest BCUT2D eigenvalue weighted by atomic mass is 32.2. The first-order chi connectivity index (χ1) is 19.6. The summed E-state index contributed by atoms with van der Waals surface area (Å²) in [6.07, 6.45) is 5.18. The minimum absolute atomic E-state index is 0.00662. The second-order valence-corrected chi connectivity index (χ2v) is 12.0. The average Bonchev–Trinajstić information content (AvgIpc) is 3.42. The van der Waals surface area contributed by atoms with Gasteiger partial charge in [-0.25, -0.2) is 18.5 Å². The Hall–Kier alpha value is -3.94. The number of nitrogens with two attached hydrogens (primary N) is 1. The van der Waals surface area contributed by atoms with E-state index in [2.05, 4.69) is 17.0 Å². The highest BCUT2D eigenvalue weighted by molar-refractivity contribution is 7.89. The summed E-state index contributed by atoms with van der Waals surface area (Å²) in [4.78, 5) is 4.46. The lowest BCUT2D eigenvalue weighted by Gasteiger charge is -2.39. The van der Waals surface area contributed by atoms with E-state index in [0.29, 0.717) is 29.9 Å². The van der Waals surface area contributed by atoms with E-state index in [-0.39, 0.29) is 23.7 Å². The van der Waals surface area contributed by atoms with E-state index in [0.717, 1.165) is 16.7 Å². The molecule has 1 aliphatic heterocycles. The van der Waals surface area contributed by atoms with Crippen molar-refractivity contribution in [2.24, 2.45) is 5.14 Å². The Morgan fingerprint density at radius 2 is 1.76 bits per heavy atom. The van der Waals surface area contributed by atoms with Crippen molar-refractivity contribution in [1.82, 2.24) is 4.98 Å². The van der Waals surface area contributed by atoms with Gasteiger partial charge < -0.3 is 19.0 Å². The summed E-state index contributed by atoms with van der Waals surface area (Å²) >= 11 is 0. The van der Waals surface area contributed by atoms with Crippen LogP contribution >= 0.6 is 0 Å². The highest BCUT2D eigenvalue weighted by Gasteiger charge is 2.38. The normalized spacial score (nSPS) is 21.5. The van der Waals surface area contributed by atoms with Gasteiger partial charge in [-0.05, 0) is 66.8 Å². The van der Waals surface area contributed by atoms with Crippen molar-refractivity contribution in [3.8, 4) is 23.4 Å². The molecule has 5 rings (SSSR count). The lowest BCUT2D eigenvalue weighted by Crippen LogP contribution is -2.41. The third kappa shape index (κ3) is 6.69. The van der Waals surface area contributed by atoms with Crippen molar-refractivity contribution in [3.05, 3.63) is 108 Å². The first kappa shape index (κ1) is 28.6. The third-order valence-electron chi connectivity index (χ3n) is 7.14. The average molecular weight is 573 g/mol. The van der Waals surface area contributed by atoms with Crippen LogP contribution in [0.15, 0.2) is 94.6 Å². The molecule has 0 radical (unpaired) electrons. The number of nitrogens with zero attached hydrogens (tertiary/aromatic N) is 1. The standard InChI is InChI=1S/C32H32N2O6S/c1-22-18-32(35,19-23(2)40-22)27-10-6-7-24(17-27)20-38-16-15-29(25-8-4-3-5-9-25)30-31(39-21-34-30)26-11-13-28(14-12-26)41(33,36)37/h3-14,17,21-23,29,35H,18-20H2,1-2H3,(H2,33,36,37). The fourth-order valence-corrected chi connectivity index (χ4v) is 5.88. The molecular weight excluding hydrogens is 540 g/mol. The van der Waals surface area contributed by atoms with Crippen molar-refractivity contribution in [2.75, 3.05) is 0 Å². The molecule has 8 nitrogen and oxygen atoms in total. The van der Waals surface area contributed by atoms with E-state index in [1.54, 1.807) is 12.1 Å². The molecule has 3 unspecified atom stereocenters.